The molecule has 0 aromatic carbocycles. The van der Waals surface area contributed by atoms with E-state index in [9.17, 15) is 26.3 Å². The highest BCUT2D eigenvalue weighted by molar-refractivity contribution is 6.34. The summed E-state index contributed by atoms with van der Waals surface area (Å²) in [7, 11) is 0. The number of halogens is 8. The molecule has 2 N–H and O–H groups in total. The van der Waals surface area contributed by atoms with Crippen molar-refractivity contribution in [3.8, 4) is 0 Å². The van der Waals surface area contributed by atoms with E-state index in [1.807, 2.05) is 0 Å². The van der Waals surface area contributed by atoms with E-state index in [1.165, 1.54) is 0 Å². The first kappa shape index (κ1) is 14.1. The van der Waals surface area contributed by atoms with Gasteiger partial charge in [-0.15, -0.1) is 0 Å². The first-order chi connectivity index (χ1) is 6.81. The molecule has 0 bridgehead atoms. The lowest BCUT2D eigenvalue weighted by atomic mass is 9.99. The van der Waals surface area contributed by atoms with Crippen LogP contribution in [0.3, 0.4) is 0 Å². The zero-order chi connectivity index (χ0) is 13.2. The molecule has 0 amide bonds. The van der Waals surface area contributed by atoms with Crippen molar-refractivity contribution in [3.05, 3.63) is 0 Å². The Kier molecular flexibility index (Phi) is 2.92. The fraction of sp³-hybridized carbons (Fsp3) is 1.00. The Bertz CT molecular complexity index is 284. The van der Waals surface area contributed by atoms with Crippen LogP contribution in [0.1, 0.15) is 0 Å². The van der Waals surface area contributed by atoms with Gasteiger partial charge >= 0.3 is 6.18 Å². The molecule has 96 valence electrons. The van der Waals surface area contributed by atoms with Crippen LogP contribution in [0.25, 0.3) is 0 Å². The van der Waals surface area contributed by atoms with Crippen molar-refractivity contribution in [2.24, 2.45) is 0 Å². The molecule has 1 aliphatic carbocycles. The Hall–Kier alpha value is 0.0800. The molecule has 2 nitrogen and oxygen atoms in total. The minimum atomic E-state index is -5.94. The number of rotatable bonds is 0. The summed E-state index contributed by atoms with van der Waals surface area (Å²) in [5, 5.41) is 8.85. The Morgan fingerprint density at radius 1 is 0.875 bits per heavy atom. The van der Waals surface area contributed by atoms with Gasteiger partial charge in [-0.2, -0.15) is 13.2 Å². The standard InChI is InChI=1S/C6H4Cl2F6O2/c7-4(10)1(15)3(9,6(12,13)14)2(16)5(4,8)11/h1-2,15-16H. The van der Waals surface area contributed by atoms with Crippen molar-refractivity contribution in [2.75, 3.05) is 0 Å². The molecule has 4 unspecified atom stereocenters. The highest BCUT2D eigenvalue weighted by atomic mass is 35.5. The first-order valence-corrected chi connectivity index (χ1v) is 4.44. The van der Waals surface area contributed by atoms with Gasteiger partial charge in [-0.05, 0) is 0 Å². The van der Waals surface area contributed by atoms with Crippen LogP contribution in [0.4, 0.5) is 26.3 Å². The van der Waals surface area contributed by atoms with Gasteiger partial charge in [0.05, 0.1) is 0 Å². The fourth-order valence-electron chi connectivity index (χ4n) is 1.35. The van der Waals surface area contributed by atoms with Crippen LogP contribution < -0.4 is 0 Å². The molecule has 0 spiro atoms. The summed E-state index contributed by atoms with van der Waals surface area (Å²) >= 11 is 9.14. The second kappa shape index (κ2) is 3.30. The number of aliphatic hydroxyl groups is 2. The smallest absolute Gasteiger partial charge is 0.384 e. The van der Waals surface area contributed by atoms with Crippen LogP contribution in [0, 0.1) is 0 Å². The second-order valence-corrected chi connectivity index (χ2v) is 4.42. The Morgan fingerprint density at radius 3 is 1.25 bits per heavy atom. The number of aliphatic hydroxyl groups excluding tert-OH is 2. The largest absolute Gasteiger partial charge is 0.428 e. The zero-order valence-electron chi connectivity index (χ0n) is 7.07. The van der Waals surface area contributed by atoms with Crippen LogP contribution >= 0.6 is 23.2 Å². The number of hydrogen-bond donors (Lipinski definition) is 2. The van der Waals surface area contributed by atoms with Crippen molar-refractivity contribution in [1.29, 1.82) is 0 Å². The zero-order valence-corrected chi connectivity index (χ0v) is 8.58. The molecule has 16 heavy (non-hydrogen) atoms. The SMILES string of the molecule is OC1C(F)(Cl)C(F)(Cl)C(O)C1(F)C(F)(F)F. The van der Waals surface area contributed by atoms with Crippen molar-refractivity contribution in [2.45, 2.75) is 34.3 Å². The Morgan fingerprint density at radius 2 is 1.12 bits per heavy atom. The van der Waals surface area contributed by atoms with E-state index in [2.05, 4.69) is 23.2 Å². The number of alkyl halides is 8. The third kappa shape index (κ3) is 1.36. The molecule has 1 fully saturated rings. The summed E-state index contributed by atoms with van der Waals surface area (Å²) < 4.78 is 76.2. The third-order valence-corrected chi connectivity index (χ3v) is 3.42. The maximum Gasteiger partial charge on any atom is 0.428 e. The van der Waals surface area contributed by atoms with Gasteiger partial charge in [0.25, 0.3) is 15.9 Å². The molecule has 0 saturated heterocycles. The van der Waals surface area contributed by atoms with Gasteiger partial charge in [-0.3, -0.25) is 0 Å². The van der Waals surface area contributed by atoms with Gasteiger partial charge in [0.15, 0.2) is 12.2 Å². The predicted molar refractivity (Wildman–Crippen MR) is 41.3 cm³/mol. The van der Waals surface area contributed by atoms with Gasteiger partial charge in [-0.25, -0.2) is 13.2 Å². The average Bonchev–Trinajstić information content (AvgIpc) is 2.18. The van der Waals surface area contributed by atoms with E-state index in [-0.39, 0.29) is 0 Å². The van der Waals surface area contributed by atoms with E-state index >= 15 is 0 Å². The lowest BCUT2D eigenvalue weighted by Gasteiger charge is -2.29. The Balaban J connectivity index is 3.38. The van der Waals surface area contributed by atoms with Crippen LogP contribution in [0.5, 0.6) is 0 Å². The van der Waals surface area contributed by atoms with E-state index in [1.54, 1.807) is 0 Å². The van der Waals surface area contributed by atoms with Gasteiger partial charge in [0.1, 0.15) is 0 Å². The van der Waals surface area contributed by atoms with Crippen molar-refractivity contribution < 1.29 is 36.6 Å². The lowest BCUT2D eigenvalue weighted by molar-refractivity contribution is -0.280. The van der Waals surface area contributed by atoms with Crippen LogP contribution in [0.15, 0.2) is 0 Å². The molecule has 0 radical (unpaired) electrons. The van der Waals surface area contributed by atoms with Crippen LogP contribution in [0.2, 0.25) is 0 Å². The molecule has 0 heterocycles. The van der Waals surface area contributed by atoms with Crippen LogP contribution in [-0.4, -0.2) is 44.5 Å². The quantitative estimate of drug-likeness (QED) is 0.528. The third-order valence-electron chi connectivity index (χ3n) is 2.36. The van der Waals surface area contributed by atoms with Gasteiger partial charge in [-0.1, -0.05) is 23.2 Å². The molecule has 0 aromatic heterocycles. The molecule has 0 aromatic rings. The summed E-state index contributed by atoms with van der Waals surface area (Å²) in [6, 6.07) is 0. The lowest BCUT2D eigenvalue weighted by Crippen LogP contribution is -2.56. The van der Waals surface area contributed by atoms with Gasteiger partial charge in [0.2, 0.25) is 0 Å². The first-order valence-electron chi connectivity index (χ1n) is 3.68. The molecule has 1 aliphatic rings. The van der Waals surface area contributed by atoms with Gasteiger partial charge < -0.3 is 10.2 Å². The predicted octanol–water partition coefficient (Wildman–Crippen LogP) is 1.80. The highest BCUT2D eigenvalue weighted by Crippen LogP contribution is 2.60. The normalized spacial score (nSPS) is 54.4. The molecule has 10 heteroatoms. The molecular formula is C6H4Cl2F6O2. The monoisotopic (exact) mass is 292 g/mol. The van der Waals surface area contributed by atoms with Gasteiger partial charge in [0, 0.05) is 0 Å². The average molecular weight is 293 g/mol. The summed E-state index contributed by atoms with van der Waals surface area (Å²) in [6.07, 6.45) is -13.3. The van der Waals surface area contributed by atoms with E-state index in [0.717, 1.165) is 0 Å². The highest BCUT2D eigenvalue weighted by Gasteiger charge is 2.85. The fourth-order valence-corrected chi connectivity index (χ4v) is 1.88. The topological polar surface area (TPSA) is 40.5 Å². The number of hydrogen-bond acceptors (Lipinski definition) is 2. The summed E-state index contributed by atoms with van der Waals surface area (Å²) in [5.41, 5.74) is -4.99. The molecule has 1 saturated carbocycles. The summed E-state index contributed by atoms with van der Waals surface area (Å²) in [4.78, 5) is 0. The maximum absolute atomic E-state index is 13.3. The van der Waals surface area contributed by atoms with E-state index in [0.29, 0.717) is 0 Å². The minimum absolute atomic E-state index is 3.70. The van der Waals surface area contributed by atoms with Crippen molar-refractivity contribution in [3.63, 3.8) is 0 Å². The minimum Gasteiger partial charge on any atom is -0.384 e. The van der Waals surface area contributed by atoms with E-state index in [4.69, 9.17) is 10.2 Å². The van der Waals surface area contributed by atoms with Crippen molar-refractivity contribution in [1.82, 2.24) is 0 Å². The Labute approximate surface area is 94.7 Å². The molecule has 4 atom stereocenters. The summed E-state index contributed by atoms with van der Waals surface area (Å²) in [5.74, 6) is 0. The van der Waals surface area contributed by atoms with E-state index < -0.39 is 34.3 Å². The molecular weight excluding hydrogens is 289 g/mol. The maximum atomic E-state index is 13.3. The molecule has 1 rings (SSSR count). The summed E-state index contributed by atoms with van der Waals surface area (Å²) in [6.45, 7) is 0. The van der Waals surface area contributed by atoms with Crippen molar-refractivity contribution >= 4 is 23.2 Å². The molecule has 0 aliphatic heterocycles. The second-order valence-electron chi connectivity index (χ2n) is 3.32. The van der Waals surface area contributed by atoms with Crippen LogP contribution in [-0.2, 0) is 0 Å².